The Balaban J connectivity index is 0.00000242. The Morgan fingerprint density at radius 2 is 2.00 bits per heavy atom. The van der Waals surface area contributed by atoms with Crippen molar-refractivity contribution in [2.24, 2.45) is 5.73 Å². The van der Waals surface area contributed by atoms with Gasteiger partial charge in [-0.2, -0.15) is 0 Å². The molecule has 5 nitrogen and oxygen atoms in total. The minimum Gasteiger partial charge on any atom is -0.378 e. The van der Waals surface area contributed by atoms with Crippen molar-refractivity contribution in [3.63, 3.8) is 0 Å². The Labute approximate surface area is 150 Å². The van der Waals surface area contributed by atoms with Crippen LogP contribution in [0.5, 0.6) is 0 Å². The lowest BCUT2D eigenvalue weighted by Gasteiger charge is -2.31. The maximum absolute atomic E-state index is 11.8. The van der Waals surface area contributed by atoms with Gasteiger partial charge in [-0.1, -0.05) is 12.1 Å². The second-order valence-corrected chi connectivity index (χ2v) is 5.69. The average molecular weight is 364 g/mol. The SMILES string of the molecule is Cc1ccc(CNC(=O)CC(C)N)c(N2CCOCC2)c1.Cl.Cl. The summed E-state index contributed by atoms with van der Waals surface area (Å²) >= 11 is 0. The van der Waals surface area contributed by atoms with Crippen molar-refractivity contribution in [3.8, 4) is 0 Å². The van der Waals surface area contributed by atoms with E-state index in [1.54, 1.807) is 0 Å². The number of amides is 1. The van der Waals surface area contributed by atoms with Gasteiger partial charge in [0.2, 0.25) is 5.91 Å². The third kappa shape index (κ3) is 6.96. The Morgan fingerprint density at radius 3 is 2.61 bits per heavy atom. The van der Waals surface area contributed by atoms with Crippen LogP contribution in [-0.2, 0) is 16.1 Å². The first-order chi connectivity index (χ1) is 10.1. The number of nitrogens with zero attached hydrogens (tertiary/aromatic N) is 1. The molecule has 1 aromatic rings. The average Bonchev–Trinajstić information content (AvgIpc) is 2.46. The van der Waals surface area contributed by atoms with E-state index in [0.29, 0.717) is 13.0 Å². The maximum atomic E-state index is 11.8. The number of halogens is 2. The number of aryl methyl sites for hydroxylation is 1. The molecular formula is C16H27Cl2N3O2. The van der Waals surface area contributed by atoms with Crippen LogP contribution in [0, 0.1) is 6.92 Å². The van der Waals surface area contributed by atoms with E-state index >= 15 is 0 Å². The van der Waals surface area contributed by atoms with Crippen LogP contribution in [0.4, 0.5) is 5.69 Å². The summed E-state index contributed by atoms with van der Waals surface area (Å²) in [5, 5.41) is 2.95. The number of nitrogens with two attached hydrogens (primary N) is 1. The number of hydrogen-bond donors (Lipinski definition) is 2. The Hall–Kier alpha value is -1.01. The highest BCUT2D eigenvalue weighted by molar-refractivity contribution is 5.85. The lowest BCUT2D eigenvalue weighted by molar-refractivity contribution is -0.121. The van der Waals surface area contributed by atoms with Crippen LogP contribution in [0.15, 0.2) is 18.2 Å². The van der Waals surface area contributed by atoms with E-state index < -0.39 is 0 Å². The zero-order valence-corrected chi connectivity index (χ0v) is 15.3. The predicted octanol–water partition coefficient (Wildman–Crippen LogP) is 2.03. The van der Waals surface area contributed by atoms with Gasteiger partial charge in [-0.15, -0.1) is 24.8 Å². The molecule has 0 bridgehead atoms. The van der Waals surface area contributed by atoms with Gasteiger partial charge in [-0.25, -0.2) is 0 Å². The Kier molecular flexibility index (Phi) is 10.2. The van der Waals surface area contributed by atoms with Gasteiger partial charge in [0.05, 0.1) is 13.2 Å². The molecule has 23 heavy (non-hydrogen) atoms. The molecule has 1 atom stereocenters. The van der Waals surface area contributed by atoms with Crippen LogP contribution in [0.1, 0.15) is 24.5 Å². The molecule has 1 fully saturated rings. The number of nitrogens with one attached hydrogen (secondary N) is 1. The first-order valence-electron chi connectivity index (χ1n) is 7.51. The van der Waals surface area contributed by atoms with Gasteiger partial charge in [0.25, 0.3) is 0 Å². The first-order valence-corrected chi connectivity index (χ1v) is 7.51. The summed E-state index contributed by atoms with van der Waals surface area (Å²) in [5.74, 6) is -0.00139. The standard InChI is InChI=1S/C16H25N3O2.2ClH/c1-12-3-4-14(11-18-16(20)10-13(2)17)15(9-12)19-5-7-21-8-6-19;;/h3-4,9,13H,5-8,10-11,17H2,1-2H3,(H,18,20);2*1H. The van der Waals surface area contributed by atoms with Gasteiger partial charge < -0.3 is 20.7 Å². The Morgan fingerprint density at radius 1 is 1.35 bits per heavy atom. The van der Waals surface area contributed by atoms with Gasteiger partial charge in [-0.3, -0.25) is 4.79 Å². The van der Waals surface area contributed by atoms with Crippen LogP contribution in [0.3, 0.4) is 0 Å². The number of carbonyl (C=O) groups is 1. The first kappa shape index (κ1) is 22.0. The highest BCUT2D eigenvalue weighted by Crippen LogP contribution is 2.23. The van der Waals surface area contributed by atoms with Crippen molar-refractivity contribution in [2.45, 2.75) is 32.9 Å². The number of anilines is 1. The highest BCUT2D eigenvalue weighted by Gasteiger charge is 2.15. The van der Waals surface area contributed by atoms with Gasteiger partial charge in [0, 0.05) is 37.8 Å². The summed E-state index contributed by atoms with van der Waals surface area (Å²) in [6.07, 6.45) is 0.360. The van der Waals surface area contributed by atoms with Crippen molar-refractivity contribution >= 4 is 36.4 Å². The third-order valence-electron chi connectivity index (χ3n) is 3.58. The number of carbonyl (C=O) groups excluding carboxylic acids is 1. The molecule has 1 aromatic carbocycles. The lowest BCUT2D eigenvalue weighted by atomic mass is 10.1. The van der Waals surface area contributed by atoms with Crippen molar-refractivity contribution in [2.75, 3.05) is 31.2 Å². The summed E-state index contributed by atoms with van der Waals surface area (Å²) in [5.41, 5.74) is 9.20. The Bertz CT molecular complexity index is 492. The topological polar surface area (TPSA) is 67.6 Å². The molecule has 7 heteroatoms. The summed E-state index contributed by atoms with van der Waals surface area (Å²) in [4.78, 5) is 14.1. The van der Waals surface area contributed by atoms with Gasteiger partial charge in [-0.05, 0) is 31.0 Å². The molecular weight excluding hydrogens is 337 g/mol. The quantitative estimate of drug-likeness (QED) is 0.839. The molecule has 2 rings (SSSR count). The maximum Gasteiger partial charge on any atom is 0.221 e. The molecule has 1 aliphatic heterocycles. The fraction of sp³-hybridized carbons (Fsp3) is 0.562. The van der Waals surface area contributed by atoms with Crippen molar-refractivity contribution in [1.29, 1.82) is 0 Å². The molecule has 0 aliphatic carbocycles. The van der Waals surface area contributed by atoms with Crippen LogP contribution >= 0.6 is 24.8 Å². The smallest absolute Gasteiger partial charge is 0.221 e. The van der Waals surface area contributed by atoms with Gasteiger partial charge in [0.15, 0.2) is 0 Å². The molecule has 132 valence electrons. The van der Waals surface area contributed by atoms with E-state index in [0.717, 1.165) is 31.9 Å². The molecule has 1 aliphatic rings. The van der Waals surface area contributed by atoms with Crippen molar-refractivity contribution < 1.29 is 9.53 Å². The van der Waals surface area contributed by atoms with Crippen LogP contribution < -0.4 is 16.0 Å². The highest BCUT2D eigenvalue weighted by atomic mass is 35.5. The second kappa shape index (κ2) is 10.7. The second-order valence-electron chi connectivity index (χ2n) is 5.69. The molecule has 1 heterocycles. The lowest BCUT2D eigenvalue weighted by Crippen LogP contribution is -2.37. The summed E-state index contributed by atoms with van der Waals surface area (Å²) < 4.78 is 5.41. The summed E-state index contributed by atoms with van der Waals surface area (Å²) in [6.45, 7) is 7.76. The minimum absolute atomic E-state index is 0. The molecule has 1 amide bonds. The van der Waals surface area contributed by atoms with E-state index in [1.165, 1.54) is 11.3 Å². The number of rotatable bonds is 5. The molecule has 1 unspecified atom stereocenters. The van der Waals surface area contributed by atoms with Crippen LogP contribution in [0.25, 0.3) is 0 Å². The minimum atomic E-state index is -0.110. The predicted molar refractivity (Wildman–Crippen MR) is 98.8 cm³/mol. The van der Waals surface area contributed by atoms with Crippen molar-refractivity contribution in [3.05, 3.63) is 29.3 Å². The molecule has 3 N–H and O–H groups in total. The largest absolute Gasteiger partial charge is 0.378 e. The van der Waals surface area contributed by atoms with Gasteiger partial charge in [0.1, 0.15) is 0 Å². The van der Waals surface area contributed by atoms with E-state index in [4.69, 9.17) is 10.5 Å². The monoisotopic (exact) mass is 363 g/mol. The number of benzene rings is 1. The van der Waals surface area contributed by atoms with Crippen molar-refractivity contribution in [1.82, 2.24) is 5.32 Å². The van der Waals surface area contributed by atoms with Crippen LogP contribution in [0.2, 0.25) is 0 Å². The van der Waals surface area contributed by atoms with E-state index in [2.05, 4.69) is 35.3 Å². The molecule has 0 spiro atoms. The third-order valence-corrected chi connectivity index (χ3v) is 3.58. The summed E-state index contributed by atoms with van der Waals surface area (Å²) in [6, 6.07) is 6.24. The molecule has 0 saturated carbocycles. The van der Waals surface area contributed by atoms with Gasteiger partial charge >= 0.3 is 0 Å². The number of morpholine rings is 1. The summed E-state index contributed by atoms with van der Waals surface area (Å²) in [7, 11) is 0. The number of hydrogen-bond acceptors (Lipinski definition) is 4. The fourth-order valence-electron chi connectivity index (χ4n) is 2.48. The zero-order chi connectivity index (χ0) is 15.2. The fourth-order valence-corrected chi connectivity index (χ4v) is 2.48. The van der Waals surface area contributed by atoms with Crippen LogP contribution in [-0.4, -0.2) is 38.3 Å². The molecule has 0 aromatic heterocycles. The normalized spacial score (nSPS) is 15.2. The number of ether oxygens (including phenoxy) is 1. The van der Waals surface area contributed by atoms with E-state index in [9.17, 15) is 4.79 Å². The zero-order valence-electron chi connectivity index (χ0n) is 13.7. The molecule has 0 radical (unpaired) electrons. The van der Waals surface area contributed by atoms with E-state index in [-0.39, 0.29) is 36.8 Å². The molecule has 1 saturated heterocycles. The van der Waals surface area contributed by atoms with E-state index in [1.807, 2.05) is 6.92 Å².